The van der Waals surface area contributed by atoms with Gasteiger partial charge in [0.15, 0.2) is 0 Å². The number of aromatic nitrogens is 2. The van der Waals surface area contributed by atoms with Crippen LogP contribution in [0.2, 0.25) is 0 Å². The number of nitrogens with zero attached hydrogens (tertiary/aromatic N) is 3. The van der Waals surface area contributed by atoms with E-state index in [2.05, 4.69) is 10.00 Å². The van der Waals surface area contributed by atoms with E-state index in [-0.39, 0.29) is 5.56 Å². The Morgan fingerprint density at radius 1 is 1.19 bits per heavy atom. The Morgan fingerprint density at radius 3 is 2.76 bits per heavy atom. The Balaban J connectivity index is 1.90. The average molecular weight is 285 g/mol. The molecule has 0 aliphatic carbocycles. The summed E-state index contributed by atoms with van der Waals surface area (Å²) in [7, 11) is 1.64. The Kier molecular flexibility index (Phi) is 4.01. The first-order valence-electron chi connectivity index (χ1n) is 7.21. The predicted molar refractivity (Wildman–Crippen MR) is 81.3 cm³/mol. The molecule has 0 bridgehead atoms. The minimum atomic E-state index is -0.0615. The van der Waals surface area contributed by atoms with Crippen LogP contribution in [0, 0.1) is 0 Å². The summed E-state index contributed by atoms with van der Waals surface area (Å²) >= 11 is 0. The van der Waals surface area contributed by atoms with Gasteiger partial charge in [-0.3, -0.25) is 9.69 Å². The van der Waals surface area contributed by atoms with E-state index in [4.69, 9.17) is 4.74 Å². The summed E-state index contributed by atoms with van der Waals surface area (Å²) in [5.41, 5.74) is 1.67. The molecule has 0 N–H and O–H groups in total. The van der Waals surface area contributed by atoms with Crippen molar-refractivity contribution in [3.8, 4) is 17.0 Å². The highest BCUT2D eigenvalue weighted by molar-refractivity contribution is 5.60. The molecule has 0 unspecified atom stereocenters. The van der Waals surface area contributed by atoms with Gasteiger partial charge in [0.25, 0.3) is 5.56 Å². The second kappa shape index (κ2) is 6.10. The van der Waals surface area contributed by atoms with E-state index < -0.39 is 0 Å². The lowest BCUT2D eigenvalue weighted by Gasteiger charge is -2.16. The fraction of sp³-hybridized carbons (Fsp3) is 0.375. The number of likely N-dealkylation sites (tertiary alicyclic amines) is 1. The van der Waals surface area contributed by atoms with Gasteiger partial charge in [-0.1, -0.05) is 12.1 Å². The minimum absolute atomic E-state index is 0.0615. The molecular formula is C16H19N3O2. The van der Waals surface area contributed by atoms with Crippen LogP contribution in [0.15, 0.2) is 41.2 Å². The summed E-state index contributed by atoms with van der Waals surface area (Å²) in [4.78, 5) is 14.2. The molecule has 1 aliphatic rings. The van der Waals surface area contributed by atoms with Gasteiger partial charge >= 0.3 is 0 Å². The highest BCUT2D eigenvalue weighted by Gasteiger charge is 2.13. The van der Waals surface area contributed by atoms with Crippen LogP contribution in [0.1, 0.15) is 12.8 Å². The molecule has 0 radical (unpaired) electrons. The van der Waals surface area contributed by atoms with Crippen molar-refractivity contribution in [3.63, 3.8) is 0 Å². The predicted octanol–water partition coefficient (Wildman–Crippen LogP) is 1.97. The third-order valence-corrected chi connectivity index (χ3v) is 3.76. The Morgan fingerprint density at radius 2 is 2.00 bits per heavy atom. The lowest BCUT2D eigenvalue weighted by atomic mass is 10.1. The summed E-state index contributed by atoms with van der Waals surface area (Å²) < 4.78 is 6.78. The number of methoxy groups -OCH3 is 1. The van der Waals surface area contributed by atoms with Crippen molar-refractivity contribution in [2.24, 2.45) is 0 Å². The number of rotatable bonds is 4. The van der Waals surface area contributed by atoms with Gasteiger partial charge in [-0.2, -0.15) is 5.10 Å². The molecule has 21 heavy (non-hydrogen) atoms. The second-order valence-electron chi connectivity index (χ2n) is 5.25. The van der Waals surface area contributed by atoms with Gasteiger partial charge in [-0.15, -0.1) is 0 Å². The first-order chi connectivity index (χ1) is 10.3. The standard InChI is InChI=1S/C16H19N3O2/c1-21-14-6-4-5-13(11-14)15-7-8-16(20)19(17-15)12-18-9-2-3-10-18/h4-8,11H,2-3,9-10,12H2,1H3. The molecule has 0 amide bonds. The molecule has 1 aromatic carbocycles. The molecule has 2 aromatic rings. The van der Waals surface area contributed by atoms with Gasteiger partial charge in [0.2, 0.25) is 0 Å². The van der Waals surface area contributed by atoms with E-state index in [1.165, 1.54) is 12.8 Å². The van der Waals surface area contributed by atoms with Crippen LogP contribution in [-0.2, 0) is 6.67 Å². The molecule has 1 aliphatic heterocycles. The number of hydrogen-bond acceptors (Lipinski definition) is 4. The van der Waals surface area contributed by atoms with E-state index in [1.54, 1.807) is 23.9 Å². The van der Waals surface area contributed by atoms with Crippen molar-refractivity contribution in [3.05, 3.63) is 46.8 Å². The van der Waals surface area contributed by atoms with Crippen LogP contribution in [0.5, 0.6) is 5.75 Å². The SMILES string of the molecule is COc1cccc(-c2ccc(=O)n(CN3CCCC3)n2)c1. The molecule has 3 rings (SSSR count). The van der Waals surface area contributed by atoms with Crippen molar-refractivity contribution < 1.29 is 4.74 Å². The Labute approximate surface area is 123 Å². The molecule has 1 aromatic heterocycles. The lowest BCUT2D eigenvalue weighted by molar-refractivity contribution is 0.249. The zero-order valence-electron chi connectivity index (χ0n) is 12.2. The monoisotopic (exact) mass is 285 g/mol. The molecule has 0 saturated carbocycles. The van der Waals surface area contributed by atoms with E-state index >= 15 is 0 Å². The van der Waals surface area contributed by atoms with Crippen LogP contribution in [0.3, 0.4) is 0 Å². The number of benzene rings is 1. The van der Waals surface area contributed by atoms with Gasteiger partial charge in [0, 0.05) is 11.6 Å². The van der Waals surface area contributed by atoms with Gasteiger partial charge in [-0.05, 0) is 44.1 Å². The van der Waals surface area contributed by atoms with Crippen LogP contribution in [-0.4, -0.2) is 34.9 Å². The molecule has 5 heteroatoms. The lowest BCUT2D eigenvalue weighted by Crippen LogP contribution is -2.31. The first-order valence-corrected chi connectivity index (χ1v) is 7.21. The Bertz CT molecular complexity index is 675. The fourth-order valence-corrected chi connectivity index (χ4v) is 2.60. The summed E-state index contributed by atoms with van der Waals surface area (Å²) in [6.07, 6.45) is 2.40. The maximum absolute atomic E-state index is 12.0. The van der Waals surface area contributed by atoms with E-state index in [1.807, 2.05) is 24.3 Å². The third-order valence-electron chi connectivity index (χ3n) is 3.76. The van der Waals surface area contributed by atoms with Crippen molar-refractivity contribution >= 4 is 0 Å². The van der Waals surface area contributed by atoms with E-state index in [0.717, 1.165) is 30.1 Å². The Hall–Kier alpha value is -2.14. The van der Waals surface area contributed by atoms with Crippen molar-refractivity contribution in [1.29, 1.82) is 0 Å². The van der Waals surface area contributed by atoms with Crippen molar-refractivity contribution in [2.75, 3.05) is 20.2 Å². The summed E-state index contributed by atoms with van der Waals surface area (Å²) in [5, 5.41) is 4.49. The maximum Gasteiger partial charge on any atom is 0.268 e. The molecule has 0 atom stereocenters. The van der Waals surface area contributed by atoms with Crippen LogP contribution < -0.4 is 10.3 Å². The summed E-state index contributed by atoms with van der Waals surface area (Å²) in [6.45, 7) is 2.64. The van der Waals surface area contributed by atoms with Gasteiger partial charge < -0.3 is 4.74 Å². The fourth-order valence-electron chi connectivity index (χ4n) is 2.60. The molecule has 2 heterocycles. The highest BCUT2D eigenvalue weighted by atomic mass is 16.5. The van der Waals surface area contributed by atoms with Crippen molar-refractivity contribution in [1.82, 2.24) is 14.7 Å². The van der Waals surface area contributed by atoms with E-state index in [0.29, 0.717) is 6.67 Å². The number of hydrogen-bond donors (Lipinski definition) is 0. The second-order valence-corrected chi connectivity index (χ2v) is 5.25. The molecule has 1 fully saturated rings. The minimum Gasteiger partial charge on any atom is -0.497 e. The zero-order valence-corrected chi connectivity index (χ0v) is 12.2. The first kappa shape index (κ1) is 13.8. The zero-order chi connectivity index (χ0) is 14.7. The van der Waals surface area contributed by atoms with Crippen molar-refractivity contribution in [2.45, 2.75) is 19.5 Å². The summed E-state index contributed by atoms with van der Waals surface area (Å²) in [5.74, 6) is 0.784. The highest BCUT2D eigenvalue weighted by Crippen LogP contribution is 2.21. The molecule has 0 spiro atoms. The van der Waals surface area contributed by atoms with E-state index in [9.17, 15) is 4.79 Å². The average Bonchev–Trinajstić information content (AvgIpc) is 3.02. The largest absolute Gasteiger partial charge is 0.497 e. The number of ether oxygens (including phenoxy) is 1. The maximum atomic E-state index is 12.0. The third kappa shape index (κ3) is 3.13. The molecule has 1 saturated heterocycles. The van der Waals surface area contributed by atoms with Gasteiger partial charge in [0.1, 0.15) is 5.75 Å². The van der Waals surface area contributed by atoms with Crippen LogP contribution in [0.25, 0.3) is 11.3 Å². The molecule has 5 nitrogen and oxygen atoms in total. The van der Waals surface area contributed by atoms with Gasteiger partial charge in [0.05, 0.1) is 19.5 Å². The summed E-state index contributed by atoms with van der Waals surface area (Å²) in [6, 6.07) is 11.0. The van der Waals surface area contributed by atoms with Crippen LogP contribution >= 0.6 is 0 Å². The molecular weight excluding hydrogens is 266 g/mol. The van der Waals surface area contributed by atoms with Gasteiger partial charge in [-0.25, -0.2) is 4.68 Å². The normalized spacial score (nSPS) is 15.3. The smallest absolute Gasteiger partial charge is 0.268 e. The topological polar surface area (TPSA) is 47.4 Å². The van der Waals surface area contributed by atoms with Crippen LogP contribution in [0.4, 0.5) is 0 Å². The quantitative estimate of drug-likeness (QED) is 0.861. The molecule has 110 valence electrons.